The van der Waals surface area contributed by atoms with Crippen LogP contribution in [0.15, 0.2) is 12.1 Å². The highest BCUT2D eigenvalue weighted by molar-refractivity contribution is 5.95. The molecule has 0 radical (unpaired) electrons. The van der Waals surface area contributed by atoms with E-state index in [1.165, 1.54) is 0 Å². The van der Waals surface area contributed by atoms with Gasteiger partial charge < -0.3 is 20.5 Å². The van der Waals surface area contributed by atoms with Crippen molar-refractivity contribution in [2.45, 2.75) is 32.4 Å². The number of phenols is 1. The van der Waals surface area contributed by atoms with Gasteiger partial charge in [0.1, 0.15) is 5.75 Å². The number of ether oxygens (including phenoxy) is 1. The summed E-state index contributed by atoms with van der Waals surface area (Å²) in [5, 5.41) is 16.0. The Bertz CT molecular complexity index is 479. The van der Waals surface area contributed by atoms with Crippen LogP contribution in [0.2, 0.25) is 0 Å². The summed E-state index contributed by atoms with van der Waals surface area (Å²) in [5.74, 6) is 0.114. The summed E-state index contributed by atoms with van der Waals surface area (Å²) in [4.78, 5) is 12.3. The molecule has 1 aromatic carbocycles. The SMILES string of the molecule is CO[C@@H]1CCNC[C@@H]1NC(=O)c1cc(C)c(O)c(C)c1. The maximum Gasteiger partial charge on any atom is 0.251 e. The number of hydrogen-bond acceptors (Lipinski definition) is 4. The molecule has 0 bridgehead atoms. The Hall–Kier alpha value is -1.59. The van der Waals surface area contributed by atoms with Crippen molar-refractivity contribution in [3.8, 4) is 5.75 Å². The minimum atomic E-state index is -0.132. The van der Waals surface area contributed by atoms with E-state index < -0.39 is 0 Å². The molecule has 3 N–H and O–H groups in total. The number of aromatic hydroxyl groups is 1. The van der Waals surface area contributed by atoms with Crippen LogP contribution in [-0.4, -0.2) is 43.4 Å². The van der Waals surface area contributed by atoms with Crippen LogP contribution in [0.4, 0.5) is 0 Å². The minimum Gasteiger partial charge on any atom is -0.507 e. The van der Waals surface area contributed by atoms with Gasteiger partial charge in [-0.15, -0.1) is 0 Å². The number of benzene rings is 1. The van der Waals surface area contributed by atoms with Gasteiger partial charge in [-0.3, -0.25) is 4.79 Å². The molecule has 1 saturated heterocycles. The largest absolute Gasteiger partial charge is 0.507 e. The zero-order valence-corrected chi connectivity index (χ0v) is 12.2. The highest BCUT2D eigenvalue weighted by atomic mass is 16.5. The quantitative estimate of drug-likeness (QED) is 0.775. The van der Waals surface area contributed by atoms with Gasteiger partial charge in [0.2, 0.25) is 0 Å². The number of aryl methyl sites for hydroxylation is 2. The molecule has 1 fully saturated rings. The van der Waals surface area contributed by atoms with Crippen LogP contribution >= 0.6 is 0 Å². The topological polar surface area (TPSA) is 70.6 Å². The second-order valence-electron chi connectivity index (χ2n) is 5.31. The fourth-order valence-electron chi connectivity index (χ4n) is 2.60. The third kappa shape index (κ3) is 3.11. The van der Waals surface area contributed by atoms with E-state index in [-0.39, 0.29) is 23.8 Å². The van der Waals surface area contributed by atoms with Gasteiger partial charge in [0.25, 0.3) is 5.91 Å². The van der Waals surface area contributed by atoms with Crippen molar-refractivity contribution in [2.75, 3.05) is 20.2 Å². The predicted molar refractivity (Wildman–Crippen MR) is 77.1 cm³/mol. The molecular weight excluding hydrogens is 256 g/mol. The van der Waals surface area contributed by atoms with E-state index >= 15 is 0 Å². The zero-order chi connectivity index (χ0) is 14.7. The molecule has 20 heavy (non-hydrogen) atoms. The molecule has 1 heterocycles. The standard InChI is InChI=1S/C15H22N2O3/c1-9-6-11(7-10(2)14(9)18)15(19)17-12-8-16-5-4-13(12)20-3/h6-7,12-13,16,18H,4-5,8H2,1-3H3,(H,17,19)/t12-,13+/m0/s1. The number of phenolic OH excluding ortho intramolecular Hbond substituents is 1. The maximum absolute atomic E-state index is 12.3. The number of methoxy groups -OCH3 is 1. The molecule has 2 atom stereocenters. The molecular formula is C15H22N2O3. The highest BCUT2D eigenvalue weighted by Gasteiger charge is 2.26. The summed E-state index contributed by atoms with van der Waals surface area (Å²) in [7, 11) is 1.67. The molecule has 1 amide bonds. The Kier molecular flexibility index (Phi) is 4.62. The van der Waals surface area contributed by atoms with E-state index in [2.05, 4.69) is 10.6 Å². The number of rotatable bonds is 3. The Morgan fingerprint density at radius 3 is 2.65 bits per heavy atom. The molecule has 1 aliphatic heterocycles. The minimum absolute atomic E-state index is 0.0318. The van der Waals surface area contributed by atoms with Gasteiger partial charge in [-0.2, -0.15) is 0 Å². The van der Waals surface area contributed by atoms with Gasteiger partial charge in [-0.1, -0.05) is 0 Å². The summed E-state index contributed by atoms with van der Waals surface area (Å²) in [5.41, 5.74) is 1.98. The highest BCUT2D eigenvalue weighted by Crippen LogP contribution is 2.23. The maximum atomic E-state index is 12.3. The van der Waals surface area contributed by atoms with Crippen molar-refractivity contribution in [3.63, 3.8) is 0 Å². The van der Waals surface area contributed by atoms with Crippen molar-refractivity contribution in [1.29, 1.82) is 0 Å². The van der Waals surface area contributed by atoms with Crippen molar-refractivity contribution in [2.24, 2.45) is 0 Å². The molecule has 0 saturated carbocycles. The van der Waals surface area contributed by atoms with Gasteiger partial charge in [-0.25, -0.2) is 0 Å². The van der Waals surface area contributed by atoms with Crippen LogP contribution in [0.5, 0.6) is 5.75 Å². The molecule has 1 aliphatic rings. The average Bonchev–Trinajstić information content (AvgIpc) is 2.44. The van der Waals surface area contributed by atoms with Gasteiger partial charge >= 0.3 is 0 Å². The van der Waals surface area contributed by atoms with E-state index in [9.17, 15) is 9.90 Å². The van der Waals surface area contributed by atoms with E-state index in [4.69, 9.17) is 4.74 Å². The van der Waals surface area contributed by atoms with E-state index in [1.807, 2.05) is 0 Å². The summed E-state index contributed by atoms with van der Waals surface area (Å²) in [6.45, 7) is 5.20. The lowest BCUT2D eigenvalue weighted by Crippen LogP contribution is -2.54. The first-order valence-electron chi connectivity index (χ1n) is 6.87. The Morgan fingerprint density at radius 1 is 1.40 bits per heavy atom. The van der Waals surface area contributed by atoms with Crippen molar-refractivity contribution >= 4 is 5.91 Å². The molecule has 110 valence electrons. The Balaban J connectivity index is 2.11. The lowest BCUT2D eigenvalue weighted by Gasteiger charge is -2.31. The predicted octanol–water partition coefficient (Wildman–Crippen LogP) is 1.12. The molecule has 0 spiro atoms. The van der Waals surface area contributed by atoms with Crippen LogP contribution in [-0.2, 0) is 4.74 Å². The number of piperidine rings is 1. The fraction of sp³-hybridized carbons (Fsp3) is 0.533. The first-order chi connectivity index (χ1) is 9.52. The van der Waals surface area contributed by atoms with E-state index in [0.717, 1.165) is 13.0 Å². The second-order valence-corrected chi connectivity index (χ2v) is 5.31. The molecule has 2 rings (SSSR count). The average molecular weight is 278 g/mol. The van der Waals surface area contributed by atoms with Crippen molar-refractivity contribution in [1.82, 2.24) is 10.6 Å². The van der Waals surface area contributed by atoms with Crippen LogP contribution in [0.25, 0.3) is 0 Å². The van der Waals surface area contributed by atoms with Crippen LogP contribution in [0.1, 0.15) is 27.9 Å². The summed E-state index contributed by atoms with van der Waals surface area (Å²) < 4.78 is 5.41. The molecule has 0 unspecified atom stereocenters. The summed E-state index contributed by atoms with van der Waals surface area (Å²) >= 11 is 0. The van der Waals surface area contributed by atoms with E-state index in [0.29, 0.717) is 23.2 Å². The third-order valence-electron chi connectivity index (χ3n) is 3.79. The zero-order valence-electron chi connectivity index (χ0n) is 12.2. The Morgan fingerprint density at radius 2 is 2.05 bits per heavy atom. The van der Waals surface area contributed by atoms with E-state index in [1.54, 1.807) is 33.1 Å². The van der Waals surface area contributed by atoms with Gasteiger partial charge in [0.05, 0.1) is 12.1 Å². The number of hydrogen-bond donors (Lipinski definition) is 3. The molecule has 1 aromatic rings. The number of carbonyl (C=O) groups excluding carboxylic acids is 1. The number of carbonyl (C=O) groups is 1. The van der Waals surface area contributed by atoms with Crippen LogP contribution < -0.4 is 10.6 Å². The Labute approximate surface area is 119 Å². The number of amides is 1. The second kappa shape index (κ2) is 6.24. The first-order valence-corrected chi connectivity index (χ1v) is 6.87. The van der Waals surface area contributed by atoms with Crippen LogP contribution in [0.3, 0.4) is 0 Å². The van der Waals surface area contributed by atoms with Gasteiger partial charge in [0.15, 0.2) is 0 Å². The van der Waals surface area contributed by atoms with Crippen molar-refractivity contribution < 1.29 is 14.6 Å². The smallest absolute Gasteiger partial charge is 0.251 e. The monoisotopic (exact) mass is 278 g/mol. The van der Waals surface area contributed by atoms with Crippen molar-refractivity contribution in [3.05, 3.63) is 28.8 Å². The first kappa shape index (κ1) is 14.8. The van der Waals surface area contributed by atoms with Crippen LogP contribution in [0, 0.1) is 13.8 Å². The fourth-order valence-corrected chi connectivity index (χ4v) is 2.60. The summed E-state index contributed by atoms with van der Waals surface area (Å²) in [6, 6.07) is 3.38. The third-order valence-corrected chi connectivity index (χ3v) is 3.79. The molecule has 0 aliphatic carbocycles. The number of nitrogens with one attached hydrogen (secondary N) is 2. The normalized spacial score (nSPS) is 22.6. The summed E-state index contributed by atoms with van der Waals surface area (Å²) in [6.07, 6.45) is 0.925. The van der Waals surface area contributed by atoms with Gasteiger partial charge in [0, 0.05) is 19.2 Å². The van der Waals surface area contributed by atoms with Gasteiger partial charge in [-0.05, 0) is 50.1 Å². The lowest BCUT2D eigenvalue weighted by atomic mass is 10.0. The molecule has 5 nitrogen and oxygen atoms in total. The molecule has 5 heteroatoms. The lowest BCUT2D eigenvalue weighted by molar-refractivity contribution is 0.0448. The molecule has 0 aromatic heterocycles.